The Kier molecular flexibility index (Phi) is 5.03. The van der Waals surface area contributed by atoms with Crippen LogP contribution in [0.1, 0.15) is 29.6 Å². The van der Waals surface area contributed by atoms with Crippen molar-refractivity contribution in [1.82, 2.24) is 5.32 Å². The van der Waals surface area contributed by atoms with E-state index >= 15 is 0 Å². The molecule has 0 bridgehead atoms. The summed E-state index contributed by atoms with van der Waals surface area (Å²) < 4.78 is 0. The summed E-state index contributed by atoms with van der Waals surface area (Å²) in [7, 11) is 0. The van der Waals surface area contributed by atoms with E-state index in [0.29, 0.717) is 6.54 Å². The highest BCUT2D eigenvalue weighted by molar-refractivity contribution is 6.44. The monoisotopic (exact) mass is 331 g/mol. The smallest absolute Gasteiger partial charge is 0.271 e. The Morgan fingerprint density at radius 2 is 2.14 bits per heavy atom. The first kappa shape index (κ1) is 16.0. The third kappa shape index (κ3) is 3.45. The summed E-state index contributed by atoms with van der Waals surface area (Å²) in [5.41, 5.74) is 5.41. The van der Waals surface area contributed by atoms with Crippen LogP contribution in [0.4, 0.5) is 5.69 Å². The zero-order chi connectivity index (χ0) is 15.6. The first-order valence-electron chi connectivity index (χ1n) is 6.58. The molecule has 2 unspecified atom stereocenters. The zero-order valence-corrected chi connectivity index (χ0v) is 12.7. The third-order valence-electron chi connectivity index (χ3n) is 3.75. The highest BCUT2D eigenvalue weighted by atomic mass is 35.5. The molecule has 1 amide bonds. The Labute approximate surface area is 131 Å². The Morgan fingerprint density at radius 1 is 1.43 bits per heavy atom. The second-order valence-corrected chi connectivity index (χ2v) is 5.84. The molecule has 1 saturated carbocycles. The molecule has 3 N–H and O–H groups in total. The standard InChI is InChI=1S/C13H15Cl2N3O3/c14-10-5-8(18(20)21)4-9(12(10)15)13(19)17-11-3-1-2-7(11)6-16/h4-5,7,11H,1-3,6,16H2,(H,17,19). The van der Waals surface area contributed by atoms with Gasteiger partial charge in [-0.05, 0) is 25.3 Å². The van der Waals surface area contributed by atoms with E-state index < -0.39 is 10.8 Å². The largest absolute Gasteiger partial charge is 0.349 e. The third-order valence-corrected chi connectivity index (χ3v) is 4.55. The molecule has 1 aromatic rings. The molecule has 2 rings (SSSR count). The van der Waals surface area contributed by atoms with Gasteiger partial charge in [0.05, 0.1) is 20.5 Å². The van der Waals surface area contributed by atoms with Gasteiger partial charge in [0.1, 0.15) is 0 Å². The van der Waals surface area contributed by atoms with Crippen LogP contribution in [0.5, 0.6) is 0 Å². The number of carbonyl (C=O) groups is 1. The van der Waals surface area contributed by atoms with Crippen LogP contribution in [0, 0.1) is 16.0 Å². The summed E-state index contributed by atoms with van der Waals surface area (Å²) in [6, 6.07) is 2.23. The van der Waals surface area contributed by atoms with Gasteiger partial charge in [-0.25, -0.2) is 0 Å². The van der Waals surface area contributed by atoms with Gasteiger partial charge in [0, 0.05) is 18.2 Å². The molecule has 1 aliphatic carbocycles. The molecule has 114 valence electrons. The Morgan fingerprint density at radius 3 is 2.76 bits per heavy atom. The van der Waals surface area contributed by atoms with E-state index in [2.05, 4.69) is 5.32 Å². The minimum absolute atomic E-state index is 0.0125. The van der Waals surface area contributed by atoms with Crippen LogP contribution in [0.25, 0.3) is 0 Å². The number of nitro benzene ring substituents is 1. The number of nitrogens with zero attached hydrogens (tertiary/aromatic N) is 1. The molecule has 2 atom stereocenters. The maximum Gasteiger partial charge on any atom is 0.271 e. The number of benzene rings is 1. The Balaban J connectivity index is 2.24. The fourth-order valence-corrected chi connectivity index (χ4v) is 3.01. The van der Waals surface area contributed by atoms with Crippen LogP contribution >= 0.6 is 23.2 Å². The number of nitrogens with two attached hydrogens (primary N) is 1. The van der Waals surface area contributed by atoms with Crippen molar-refractivity contribution in [2.75, 3.05) is 6.54 Å². The Bertz CT molecular complexity index is 580. The van der Waals surface area contributed by atoms with Crippen LogP contribution in [-0.4, -0.2) is 23.4 Å². The number of hydrogen-bond acceptors (Lipinski definition) is 4. The van der Waals surface area contributed by atoms with Crippen molar-refractivity contribution in [1.29, 1.82) is 0 Å². The number of rotatable bonds is 4. The lowest BCUT2D eigenvalue weighted by Gasteiger charge is -2.19. The van der Waals surface area contributed by atoms with E-state index in [4.69, 9.17) is 28.9 Å². The van der Waals surface area contributed by atoms with Gasteiger partial charge >= 0.3 is 0 Å². The molecule has 8 heteroatoms. The summed E-state index contributed by atoms with van der Waals surface area (Å²) in [6.45, 7) is 0.494. The fourth-order valence-electron chi connectivity index (χ4n) is 2.60. The van der Waals surface area contributed by atoms with Crippen molar-refractivity contribution in [3.05, 3.63) is 37.9 Å². The molecular formula is C13H15Cl2N3O3. The summed E-state index contributed by atoms with van der Waals surface area (Å²) >= 11 is 11.8. The number of carbonyl (C=O) groups excluding carboxylic acids is 1. The van der Waals surface area contributed by atoms with Crippen LogP contribution in [0.2, 0.25) is 10.0 Å². The number of non-ortho nitro benzene ring substituents is 1. The molecule has 1 aromatic carbocycles. The highest BCUT2D eigenvalue weighted by Gasteiger charge is 2.29. The topological polar surface area (TPSA) is 98.3 Å². The minimum Gasteiger partial charge on any atom is -0.349 e. The van der Waals surface area contributed by atoms with Gasteiger partial charge < -0.3 is 11.1 Å². The quantitative estimate of drug-likeness (QED) is 0.654. The Hall–Kier alpha value is -1.37. The van der Waals surface area contributed by atoms with Crippen molar-refractivity contribution < 1.29 is 9.72 Å². The summed E-state index contributed by atoms with van der Waals surface area (Å²) in [5, 5.41) is 13.7. The second kappa shape index (κ2) is 6.60. The normalized spacial score (nSPS) is 21.3. The van der Waals surface area contributed by atoms with Gasteiger partial charge in [0.15, 0.2) is 0 Å². The predicted molar refractivity (Wildman–Crippen MR) is 80.8 cm³/mol. The fraction of sp³-hybridized carbons (Fsp3) is 0.462. The minimum atomic E-state index is -0.614. The molecule has 0 radical (unpaired) electrons. The second-order valence-electron chi connectivity index (χ2n) is 5.05. The summed E-state index contributed by atoms with van der Waals surface area (Å²) in [6.07, 6.45) is 2.80. The molecule has 0 spiro atoms. The highest BCUT2D eigenvalue weighted by Crippen LogP contribution is 2.31. The number of amides is 1. The lowest BCUT2D eigenvalue weighted by atomic mass is 10.0. The van der Waals surface area contributed by atoms with Crippen LogP contribution in [0.15, 0.2) is 12.1 Å². The van der Waals surface area contributed by atoms with Gasteiger partial charge in [-0.1, -0.05) is 29.6 Å². The van der Waals surface area contributed by atoms with Gasteiger partial charge in [-0.15, -0.1) is 0 Å². The molecule has 0 heterocycles. The maximum absolute atomic E-state index is 12.3. The average molecular weight is 332 g/mol. The molecule has 6 nitrogen and oxygen atoms in total. The van der Waals surface area contributed by atoms with Crippen molar-refractivity contribution in [2.45, 2.75) is 25.3 Å². The molecular weight excluding hydrogens is 317 g/mol. The SMILES string of the molecule is NCC1CCCC1NC(=O)c1cc([N+](=O)[O-])cc(Cl)c1Cl. The van der Waals surface area contributed by atoms with E-state index in [1.807, 2.05) is 0 Å². The number of nitrogens with one attached hydrogen (secondary N) is 1. The van der Waals surface area contributed by atoms with E-state index in [9.17, 15) is 14.9 Å². The molecule has 1 fully saturated rings. The van der Waals surface area contributed by atoms with Crippen molar-refractivity contribution in [3.63, 3.8) is 0 Å². The zero-order valence-electron chi connectivity index (χ0n) is 11.1. The molecule has 1 aliphatic rings. The van der Waals surface area contributed by atoms with E-state index in [1.54, 1.807) is 0 Å². The van der Waals surface area contributed by atoms with Crippen LogP contribution in [0.3, 0.4) is 0 Å². The first-order chi connectivity index (χ1) is 9.93. The molecule has 0 aliphatic heterocycles. The maximum atomic E-state index is 12.3. The summed E-state index contributed by atoms with van der Waals surface area (Å²) in [4.78, 5) is 22.5. The van der Waals surface area contributed by atoms with Gasteiger partial charge in [0.25, 0.3) is 11.6 Å². The number of hydrogen-bond donors (Lipinski definition) is 2. The molecule has 21 heavy (non-hydrogen) atoms. The van der Waals surface area contributed by atoms with Crippen LogP contribution < -0.4 is 11.1 Å². The van der Waals surface area contributed by atoms with E-state index in [0.717, 1.165) is 31.4 Å². The number of nitro groups is 1. The average Bonchev–Trinajstić information content (AvgIpc) is 2.88. The molecule has 0 saturated heterocycles. The van der Waals surface area contributed by atoms with Crippen molar-refractivity contribution >= 4 is 34.8 Å². The van der Waals surface area contributed by atoms with Gasteiger partial charge in [-0.2, -0.15) is 0 Å². The van der Waals surface area contributed by atoms with E-state index in [1.165, 1.54) is 0 Å². The van der Waals surface area contributed by atoms with Gasteiger partial charge in [-0.3, -0.25) is 14.9 Å². The van der Waals surface area contributed by atoms with Crippen LogP contribution in [-0.2, 0) is 0 Å². The van der Waals surface area contributed by atoms with E-state index in [-0.39, 0.29) is 33.3 Å². The van der Waals surface area contributed by atoms with Gasteiger partial charge in [0.2, 0.25) is 0 Å². The van der Waals surface area contributed by atoms with Crippen molar-refractivity contribution in [3.8, 4) is 0 Å². The number of halogens is 2. The molecule has 0 aromatic heterocycles. The predicted octanol–water partition coefficient (Wildman–Crippen LogP) is 2.76. The summed E-state index contributed by atoms with van der Waals surface area (Å²) in [5.74, 6) is -0.238. The lowest BCUT2D eigenvalue weighted by molar-refractivity contribution is -0.384. The van der Waals surface area contributed by atoms with Crippen molar-refractivity contribution in [2.24, 2.45) is 11.7 Å². The first-order valence-corrected chi connectivity index (χ1v) is 7.34. The lowest BCUT2D eigenvalue weighted by Crippen LogP contribution is -2.40.